The molecular weight excluding hydrogens is 376 g/mol. The summed E-state index contributed by atoms with van der Waals surface area (Å²) in [5, 5.41) is 4.24. The monoisotopic (exact) mass is 404 g/mol. The van der Waals surface area contributed by atoms with Crippen LogP contribution in [0.25, 0.3) is 0 Å². The summed E-state index contributed by atoms with van der Waals surface area (Å²) >= 11 is 0. The highest BCUT2D eigenvalue weighted by molar-refractivity contribution is 7.89. The first kappa shape index (κ1) is 20.5. The molecule has 2 heterocycles. The molecule has 0 radical (unpaired) electrons. The molecule has 1 amide bonds. The van der Waals surface area contributed by atoms with Crippen molar-refractivity contribution in [2.75, 3.05) is 26.2 Å². The molecule has 1 aliphatic rings. The summed E-state index contributed by atoms with van der Waals surface area (Å²) in [5.41, 5.74) is 4.01. The summed E-state index contributed by atoms with van der Waals surface area (Å²) in [7, 11) is -1.90. The van der Waals surface area contributed by atoms with Gasteiger partial charge in [-0.2, -0.15) is 9.40 Å². The largest absolute Gasteiger partial charge is 0.337 e. The fourth-order valence-electron chi connectivity index (χ4n) is 3.65. The minimum atomic E-state index is -3.64. The van der Waals surface area contributed by atoms with Crippen LogP contribution in [0.5, 0.6) is 0 Å². The molecule has 2 aromatic rings. The third kappa shape index (κ3) is 3.71. The quantitative estimate of drug-likeness (QED) is 0.786. The molecule has 28 heavy (non-hydrogen) atoms. The normalized spacial score (nSPS) is 16.2. The Labute approximate surface area is 167 Å². The van der Waals surface area contributed by atoms with Crippen LogP contribution in [0, 0.1) is 27.7 Å². The lowest BCUT2D eigenvalue weighted by atomic mass is 10.1. The van der Waals surface area contributed by atoms with Gasteiger partial charge in [-0.05, 0) is 57.4 Å². The molecule has 0 saturated carbocycles. The summed E-state index contributed by atoms with van der Waals surface area (Å²) in [4.78, 5) is 14.9. The molecule has 152 valence electrons. The highest BCUT2D eigenvalue weighted by Crippen LogP contribution is 2.24. The second-order valence-corrected chi connectivity index (χ2v) is 9.35. The first-order valence-electron chi connectivity index (χ1n) is 9.50. The zero-order chi connectivity index (χ0) is 20.6. The van der Waals surface area contributed by atoms with E-state index in [0.717, 1.165) is 11.1 Å². The maximum Gasteiger partial charge on any atom is 0.253 e. The van der Waals surface area contributed by atoms with Gasteiger partial charge in [0, 0.05) is 38.8 Å². The molecule has 0 aliphatic carbocycles. The average Bonchev–Trinajstić information content (AvgIpc) is 2.82. The second-order valence-electron chi connectivity index (χ2n) is 7.47. The Morgan fingerprint density at radius 1 is 1.00 bits per heavy atom. The molecule has 1 aromatic heterocycles. The van der Waals surface area contributed by atoms with Gasteiger partial charge in [-0.1, -0.05) is 6.07 Å². The standard InChI is InChI=1S/C20H28N4O3S/c1-14-7-8-18(13-15(14)2)20(25)23-9-6-10-24(12-11-23)28(26,27)19-16(3)21-22(5)17(19)4/h7-8,13H,6,9-12H2,1-5H3. The molecule has 7 nitrogen and oxygen atoms in total. The van der Waals surface area contributed by atoms with E-state index in [9.17, 15) is 13.2 Å². The van der Waals surface area contributed by atoms with Crippen LogP contribution in [0.3, 0.4) is 0 Å². The lowest BCUT2D eigenvalue weighted by molar-refractivity contribution is 0.0764. The summed E-state index contributed by atoms with van der Waals surface area (Å²) in [5.74, 6) is -0.0453. The third-order valence-electron chi connectivity index (χ3n) is 5.54. The molecule has 8 heteroatoms. The number of hydrogen-bond donors (Lipinski definition) is 0. The van der Waals surface area contributed by atoms with E-state index in [1.165, 1.54) is 4.31 Å². The second kappa shape index (κ2) is 7.67. The number of carbonyl (C=O) groups is 1. The van der Waals surface area contributed by atoms with Crippen molar-refractivity contribution in [3.63, 3.8) is 0 Å². The molecule has 0 atom stereocenters. The highest BCUT2D eigenvalue weighted by Gasteiger charge is 2.32. The topological polar surface area (TPSA) is 75.5 Å². The maximum atomic E-state index is 13.2. The molecule has 3 rings (SSSR count). The molecule has 1 aromatic carbocycles. The van der Waals surface area contributed by atoms with Crippen molar-refractivity contribution in [3.8, 4) is 0 Å². The van der Waals surface area contributed by atoms with E-state index in [0.29, 0.717) is 43.0 Å². The van der Waals surface area contributed by atoms with Crippen molar-refractivity contribution in [1.82, 2.24) is 19.0 Å². The van der Waals surface area contributed by atoms with Crippen molar-refractivity contribution >= 4 is 15.9 Å². The van der Waals surface area contributed by atoms with Crippen LogP contribution >= 0.6 is 0 Å². The van der Waals surface area contributed by atoms with Gasteiger partial charge < -0.3 is 4.90 Å². The number of nitrogens with zero attached hydrogens (tertiary/aromatic N) is 4. The van der Waals surface area contributed by atoms with Gasteiger partial charge in [0.05, 0.1) is 11.4 Å². The zero-order valence-electron chi connectivity index (χ0n) is 17.2. The molecule has 0 N–H and O–H groups in total. The third-order valence-corrected chi connectivity index (χ3v) is 7.69. The van der Waals surface area contributed by atoms with Crippen molar-refractivity contribution in [3.05, 3.63) is 46.3 Å². The van der Waals surface area contributed by atoms with E-state index in [1.54, 1.807) is 30.5 Å². The molecule has 1 saturated heterocycles. The van der Waals surface area contributed by atoms with Crippen molar-refractivity contribution in [1.29, 1.82) is 0 Å². The van der Waals surface area contributed by atoms with Crippen LogP contribution in [-0.4, -0.2) is 59.5 Å². The highest BCUT2D eigenvalue weighted by atomic mass is 32.2. The summed E-state index contributed by atoms with van der Waals surface area (Å²) in [6.45, 7) is 9.08. The number of carbonyl (C=O) groups excluding carboxylic acids is 1. The van der Waals surface area contributed by atoms with Crippen LogP contribution < -0.4 is 0 Å². The van der Waals surface area contributed by atoms with Crippen LogP contribution in [0.1, 0.15) is 39.3 Å². The van der Waals surface area contributed by atoms with Gasteiger partial charge in [0.2, 0.25) is 10.0 Å². The number of aromatic nitrogens is 2. The SMILES string of the molecule is Cc1ccc(C(=O)N2CCCN(S(=O)(=O)c3c(C)nn(C)c3C)CC2)cc1C. The van der Waals surface area contributed by atoms with Crippen LogP contribution in [0.15, 0.2) is 23.1 Å². The number of aryl methyl sites for hydroxylation is 4. The number of sulfonamides is 1. The van der Waals surface area contributed by atoms with Gasteiger partial charge in [0.1, 0.15) is 4.90 Å². The van der Waals surface area contributed by atoms with E-state index in [2.05, 4.69) is 5.10 Å². The molecular formula is C20H28N4O3S. The van der Waals surface area contributed by atoms with Gasteiger partial charge in [0.15, 0.2) is 0 Å². The molecule has 0 unspecified atom stereocenters. The van der Waals surface area contributed by atoms with Gasteiger partial charge in [-0.3, -0.25) is 9.48 Å². The fourth-order valence-corrected chi connectivity index (χ4v) is 5.52. The van der Waals surface area contributed by atoms with Crippen molar-refractivity contribution in [2.24, 2.45) is 7.05 Å². The average molecular weight is 405 g/mol. The molecule has 1 fully saturated rings. The molecule has 1 aliphatic heterocycles. The maximum absolute atomic E-state index is 13.2. The first-order chi connectivity index (χ1) is 13.1. The van der Waals surface area contributed by atoms with Crippen LogP contribution in [0.2, 0.25) is 0 Å². The Kier molecular flexibility index (Phi) is 5.63. The fraction of sp³-hybridized carbons (Fsp3) is 0.500. The van der Waals surface area contributed by atoms with E-state index in [-0.39, 0.29) is 17.3 Å². The molecule has 0 spiro atoms. The van der Waals surface area contributed by atoms with Gasteiger partial charge in [-0.15, -0.1) is 0 Å². The first-order valence-corrected chi connectivity index (χ1v) is 10.9. The lowest BCUT2D eigenvalue weighted by Gasteiger charge is -2.22. The number of hydrogen-bond acceptors (Lipinski definition) is 4. The minimum absolute atomic E-state index is 0.0453. The van der Waals surface area contributed by atoms with E-state index in [1.807, 2.05) is 32.0 Å². The predicted octanol–water partition coefficient (Wildman–Crippen LogP) is 2.19. The van der Waals surface area contributed by atoms with Gasteiger partial charge in [-0.25, -0.2) is 8.42 Å². The Morgan fingerprint density at radius 3 is 2.32 bits per heavy atom. The van der Waals surface area contributed by atoms with Crippen molar-refractivity contribution < 1.29 is 13.2 Å². The van der Waals surface area contributed by atoms with Gasteiger partial charge >= 0.3 is 0 Å². The van der Waals surface area contributed by atoms with Crippen LogP contribution in [-0.2, 0) is 17.1 Å². The Bertz CT molecular complexity index is 1010. The van der Waals surface area contributed by atoms with E-state index in [4.69, 9.17) is 0 Å². The summed E-state index contributed by atoms with van der Waals surface area (Å²) in [6, 6.07) is 5.69. The van der Waals surface area contributed by atoms with E-state index < -0.39 is 10.0 Å². The Morgan fingerprint density at radius 2 is 1.71 bits per heavy atom. The number of amides is 1. The Balaban J connectivity index is 1.79. The smallest absolute Gasteiger partial charge is 0.253 e. The molecule has 0 bridgehead atoms. The Hall–Kier alpha value is -2.19. The van der Waals surface area contributed by atoms with Gasteiger partial charge in [0.25, 0.3) is 5.91 Å². The summed E-state index contributed by atoms with van der Waals surface area (Å²) in [6.07, 6.45) is 0.605. The lowest BCUT2D eigenvalue weighted by Crippen LogP contribution is -2.37. The van der Waals surface area contributed by atoms with E-state index >= 15 is 0 Å². The van der Waals surface area contributed by atoms with Crippen LogP contribution in [0.4, 0.5) is 0 Å². The summed E-state index contributed by atoms with van der Waals surface area (Å²) < 4.78 is 29.5. The predicted molar refractivity (Wildman–Crippen MR) is 108 cm³/mol. The zero-order valence-corrected chi connectivity index (χ0v) is 18.0. The number of benzene rings is 1. The van der Waals surface area contributed by atoms with Crippen molar-refractivity contribution in [2.45, 2.75) is 39.0 Å². The minimum Gasteiger partial charge on any atom is -0.337 e. The number of rotatable bonds is 3.